The number of hydrogen-bond donors (Lipinski definition) is 3. The van der Waals surface area contributed by atoms with E-state index >= 15 is 0 Å². The molecule has 29 heavy (non-hydrogen) atoms. The van der Waals surface area contributed by atoms with E-state index in [4.69, 9.17) is 14.5 Å². The molecule has 4 aromatic rings. The molecule has 2 aromatic heterocycles. The van der Waals surface area contributed by atoms with Gasteiger partial charge < -0.3 is 14.8 Å². The second-order valence-corrected chi connectivity index (χ2v) is 7.52. The highest BCUT2D eigenvalue weighted by Crippen LogP contribution is 2.36. The third-order valence-corrected chi connectivity index (χ3v) is 5.82. The van der Waals surface area contributed by atoms with Crippen molar-refractivity contribution in [1.82, 2.24) is 15.9 Å². The van der Waals surface area contributed by atoms with E-state index in [0.29, 0.717) is 6.54 Å². The number of ether oxygens (including phenoxy) is 2. The van der Waals surface area contributed by atoms with Crippen molar-refractivity contribution < 1.29 is 9.47 Å². The lowest BCUT2D eigenvalue weighted by molar-refractivity contribution is 0.395. The first-order chi connectivity index (χ1) is 14.2. The minimum absolute atomic E-state index is 0.682. The summed E-state index contributed by atoms with van der Waals surface area (Å²) in [4.78, 5) is 4.93. The van der Waals surface area contributed by atoms with Crippen LogP contribution in [0.2, 0.25) is 0 Å². The minimum atomic E-state index is 0.682. The molecule has 0 bridgehead atoms. The van der Waals surface area contributed by atoms with Crippen LogP contribution in [0.25, 0.3) is 21.0 Å². The van der Waals surface area contributed by atoms with Crippen LogP contribution in [0.4, 0.5) is 11.5 Å². The second-order valence-electron chi connectivity index (χ2n) is 6.61. The van der Waals surface area contributed by atoms with Gasteiger partial charge in [-0.05, 0) is 17.5 Å². The van der Waals surface area contributed by atoms with Crippen molar-refractivity contribution in [1.29, 1.82) is 0 Å². The number of methoxy groups -OCH3 is 2. The molecule has 3 heterocycles. The summed E-state index contributed by atoms with van der Waals surface area (Å²) in [7, 11) is 3.28. The third kappa shape index (κ3) is 3.22. The van der Waals surface area contributed by atoms with Gasteiger partial charge in [0, 0.05) is 44.9 Å². The Morgan fingerprint density at radius 2 is 1.83 bits per heavy atom. The lowest BCUT2D eigenvalue weighted by Crippen LogP contribution is -2.22. The van der Waals surface area contributed by atoms with Crippen molar-refractivity contribution in [2.75, 3.05) is 26.1 Å². The second kappa shape index (κ2) is 7.23. The number of aromatic nitrogens is 1. The lowest BCUT2D eigenvalue weighted by atomic mass is 10.1. The predicted octanol–water partition coefficient (Wildman–Crippen LogP) is 4.02. The predicted molar refractivity (Wildman–Crippen MR) is 118 cm³/mol. The van der Waals surface area contributed by atoms with Gasteiger partial charge >= 0.3 is 0 Å². The van der Waals surface area contributed by atoms with E-state index in [-0.39, 0.29) is 0 Å². The largest absolute Gasteiger partial charge is 0.497 e. The quantitative estimate of drug-likeness (QED) is 0.465. The fourth-order valence-electron chi connectivity index (χ4n) is 3.43. The number of benzene rings is 2. The zero-order chi connectivity index (χ0) is 19.8. The van der Waals surface area contributed by atoms with Crippen molar-refractivity contribution in [2.24, 2.45) is 5.10 Å². The van der Waals surface area contributed by atoms with Crippen LogP contribution < -0.4 is 25.8 Å². The number of fused-ring (bicyclic) bond motifs is 3. The van der Waals surface area contributed by atoms with Crippen LogP contribution in [0.15, 0.2) is 52.9 Å². The molecule has 0 saturated carbocycles. The molecular formula is C21H19N5O2S. The zero-order valence-corrected chi connectivity index (χ0v) is 16.8. The number of nitrogens with one attached hydrogen (secondary N) is 3. The van der Waals surface area contributed by atoms with E-state index in [1.54, 1.807) is 25.6 Å². The van der Waals surface area contributed by atoms with Crippen molar-refractivity contribution in [3.8, 4) is 11.5 Å². The van der Waals surface area contributed by atoms with Gasteiger partial charge in [0.05, 0.1) is 32.0 Å². The Bertz CT molecular complexity index is 1230. The van der Waals surface area contributed by atoms with Gasteiger partial charge in [-0.2, -0.15) is 5.10 Å². The highest BCUT2D eigenvalue weighted by Gasteiger charge is 2.14. The molecule has 0 radical (unpaired) electrons. The number of hydrazine groups is 1. The zero-order valence-electron chi connectivity index (χ0n) is 15.9. The minimum Gasteiger partial charge on any atom is -0.497 e. The smallest absolute Gasteiger partial charge is 0.139 e. The molecular weight excluding hydrogens is 386 g/mol. The maximum absolute atomic E-state index is 5.39. The average Bonchev–Trinajstić information content (AvgIpc) is 3.45. The molecule has 2 aromatic carbocycles. The number of hydrogen-bond acceptors (Lipinski definition) is 8. The SMILES string of the molecule is COc1cc(Nc2nc3cc(C4=NNNC4)ccc3c3sccc23)cc(OC)c1. The third-order valence-electron chi connectivity index (χ3n) is 4.87. The van der Waals surface area contributed by atoms with Crippen LogP contribution in [0.5, 0.6) is 11.5 Å². The molecule has 0 spiro atoms. The summed E-state index contributed by atoms with van der Waals surface area (Å²) in [6.07, 6.45) is 0. The fourth-order valence-corrected chi connectivity index (χ4v) is 4.36. The van der Waals surface area contributed by atoms with Crippen LogP contribution in [0.3, 0.4) is 0 Å². The number of pyridine rings is 1. The first-order valence-electron chi connectivity index (χ1n) is 9.11. The number of hydrazone groups is 1. The van der Waals surface area contributed by atoms with Gasteiger partial charge in [0.1, 0.15) is 17.3 Å². The maximum atomic E-state index is 5.39. The van der Waals surface area contributed by atoms with Crippen molar-refractivity contribution in [3.63, 3.8) is 0 Å². The van der Waals surface area contributed by atoms with Crippen LogP contribution in [-0.4, -0.2) is 31.5 Å². The molecule has 0 atom stereocenters. The number of thiophene rings is 1. The van der Waals surface area contributed by atoms with Gasteiger partial charge in [-0.15, -0.1) is 11.3 Å². The Morgan fingerprint density at radius 3 is 2.55 bits per heavy atom. The standard InChI is InChI=1S/C21H19N5O2S/c1-27-14-8-13(9-15(10-14)28-2)23-21-17-5-6-29-20(17)16-4-3-12(7-18(16)24-21)19-11-22-26-25-19/h3-10,22,26H,11H2,1-2H3,(H,23,24). The van der Waals surface area contributed by atoms with Gasteiger partial charge in [-0.1, -0.05) is 12.1 Å². The summed E-state index contributed by atoms with van der Waals surface area (Å²) >= 11 is 1.71. The monoisotopic (exact) mass is 405 g/mol. The van der Waals surface area contributed by atoms with E-state index in [2.05, 4.69) is 51.0 Å². The normalized spacial score (nSPS) is 13.4. The summed E-state index contributed by atoms with van der Waals surface area (Å²) in [6.45, 7) is 0.682. The number of nitrogens with zero attached hydrogens (tertiary/aromatic N) is 2. The highest BCUT2D eigenvalue weighted by atomic mass is 32.1. The molecule has 7 nitrogen and oxygen atoms in total. The molecule has 0 amide bonds. The van der Waals surface area contributed by atoms with Gasteiger partial charge in [-0.25, -0.2) is 15.9 Å². The van der Waals surface area contributed by atoms with Crippen LogP contribution >= 0.6 is 11.3 Å². The maximum Gasteiger partial charge on any atom is 0.139 e. The van der Waals surface area contributed by atoms with Crippen LogP contribution in [0, 0.1) is 0 Å². The Morgan fingerprint density at radius 1 is 1.00 bits per heavy atom. The number of rotatable bonds is 5. The van der Waals surface area contributed by atoms with Crippen molar-refractivity contribution in [3.05, 3.63) is 53.4 Å². The molecule has 0 saturated heterocycles. The van der Waals surface area contributed by atoms with E-state index in [9.17, 15) is 0 Å². The van der Waals surface area contributed by atoms with E-state index < -0.39 is 0 Å². The van der Waals surface area contributed by atoms with Crippen LogP contribution in [-0.2, 0) is 0 Å². The average molecular weight is 405 g/mol. The highest BCUT2D eigenvalue weighted by molar-refractivity contribution is 7.18. The first-order valence-corrected chi connectivity index (χ1v) is 9.99. The summed E-state index contributed by atoms with van der Waals surface area (Å²) in [5.41, 5.74) is 9.58. The fraction of sp³-hybridized carbons (Fsp3) is 0.143. The summed E-state index contributed by atoms with van der Waals surface area (Å²) in [5, 5.41) is 12.0. The first kappa shape index (κ1) is 17.7. The molecule has 0 unspecified atom stereocenters. The van der Waals surface area contributed by atoms with Crippen LogP contribution in [0.1, 0.15) is 5.56 Å². The summed E-state index contributed by atoms with van der Waals surface area (Å²) in [6, 6.07) is 14.1. The van der Waals surface area contributed by atoms with E-state index in [1.807, 2.05) is 18.2 Å². The molecule has 0 aliphatic carbocycles. The molecule has 0 fully saturated rings. The summed E-state index contributed by atoms with van der Waals surface area (Å²) < 4.78 is 12.0. The number of anilines is 2. The molecule has 8 heteroatoms. The van der Waals surface area contributed by atoms with Crippen molar-refractivity contribution in [2.45, 2.75) is 0 Å². The summed E-state index contributed by atoms with van der Waals surface area (Å²) in [5.74, 6) is 2.23. The molecule has 1 aliphatic heterocycles. The van der Waals surface area contributed by atoms with E-state index in [1.165, 1.54) is 4.70 Å². The Balaban J connectivity index is 1.63. The Hall–Kier alpha value is -3.36. The Labute approximate surface area is 171 Å². The van der Waals surface area contributed by atoms with Gasteiger partial charge in [0.25, 0.3) is 0 Å². The van der Waals surface area contributed by atoms with Gasteiger partial charge in [0.2, 0.25) is 0 Å². The topological polar surface area (TPSA) is 79.8 Å². The Kier molecular flexibility index (Phi) is 4.42. The molecule has 146 valence electrons. The van der Waals surface area contributed by atoms with E-state index in [0.717, 1.165) is 50.6 Å². The van der Waals surface area contributed by atoms with Gasteiger partial charge in [0.15, 0.2) is 0 Å². The lowest BCUT2D eigenvalue weighted by Gasteiger charge is -2.12. The molecule has 1 aliphatic rings. The van der Waals surface area contributed by atoms with Crippen molar-refractivity contribution >= 4 is 49.5 Å². The van der Waals surface area contributed by atoms with Gasteiger partial charge in [-0.3, -0.25) is 0 Å². The molecule has 5 rings (SSSR count). The molecule has 3 N–H and O–H groups in total.